The van der Waals surface area contributed by atoms with Gasteiger partial charge in [-0.25, -0.2) is 4.68 Å². The summed E-state index contributed by atoms with van der Waals surface area (Å²) in [6, 6.07) is 24.3. The highest BCUT2D eigenvalue weighted by atomic mass is 16.5. The topological polar surface area (TPSA) is 139 Å². The van der Waals surface area contributed by atoms with Gasteiger partial charge in [0.2, 0.25) is 17.7 Å². The second-order valence-electron chi connectivity index (χ2n) is 12.6. The number of para-hydroxylation sites is 2. The van der Waals surface area contributed by atoms with Gasteiger partial charge in [0, 0.05) is 5.69 Å². The highest BCUT2D eigenvalue weighted by molar-refractivity contribution is 6.02. The van der Waals surface area contributed by atoms with Crippen molar-refractivity contribution >= 4 is 34.4 Å². The molecule has 45 heavy (non-hydrogen) atoms. The molecule has 7 atom stereocenters. The molecule has 7 rings (SSSR count). The lowest BCUT2D eigenvalue weighted by atomic mass is 9.62. The van der Waals surface area contributed by atoms with Gasteiger partial charge in [-0.2, -0.15) is 0 Å². The van der Waals surface area contributed by atoms with Crippen molar-refractivity contribution < 1.29 is 24.2 Å². The maximum atomic E-state index is 14.6. The second-order valence-corrected chi connectivity index (χ2v) is 12.6. The summed E-state index contributed by atoms with van der Waals surface area (Å²) in [5, 5.41) is 25.0. The van der Waals surface area contributed by atoms with Crippen LogP contribution in [0.5, 0.6) is 0 Å². The average molecular weight is 609 g/mol. The van der Waals surface area contributed by atoms with Crippen LogP contribution in [0.3, 0.4) is 0 Å². The molecule has 3 unspecified atom stereocenters. The summed E-state index contributed by atoms with van der Waals surface area (Å²) in [5.41, 5.74) is 0.740. The van der Waals surface area contributed by atoms with Crippen LogP contribution in [0.1, 0.15) is 25.8 Å². The summed E-state index contributed by atoms with van der Waals surface area (Å²) in [5.74, 6) is -2.99. The van der Waals surface area contributed by atoms with Gasteiger partial charge in [0.25, 0.3) is 0 Å². The number of fused-ring (bicyclic) bond motifs is 2. The van der Waals surface area contributed by atoms with Crippen molar-refractivity contribution in [2.45, 2.75) is 56.6 Å². The zero-order chi connectivity index (χ0) is 31.3. The Morgan fingerprint density at radius 3 is 2.44 bits per heavy atom. The van der Waals surface area contributed by atoms with Gasteiger partial charge in [-0.3, -0.25) is 14.4 Å². The Morgan fingerprint density at radius 1 is 1.02 bits per heavy atom. The Bertz CT molecular complexity index is 1750. The molecule has 4 aromatic rings. The highest BCUT2D eigenvalue weighted by Crippen LogP contribution is 2.65. The van der Waals surface area contributed by atoms with Gasteiger partial charge in [0.15, 0.2) is 0 Å². The van der Waals surface area contributed by atoms with Crippen molar-refractivity contribution in [1.29, 1.82) is 0 Å². The molecule has 3 fully saturated rings. The largest absolute Gasteiger partial charge is 0.394 e. The summed E-state index contributed by atoms with van der Waals surface area (Å²) >= 11 is 0. The van der Waals surface area contributed by atoms with Gasteiger partial charge in [-0.1, -0.05) is 72.8 Å². The molecule has 0 saturated carbocycles. The van der Waals surface area contributed by atoms with Crippen LogP contribution in [-0.2, 0) is 32.2 Å². The first kappa shape index (κ1) is 29.1. The van der Waals surface area contributed by atoms with E-state index in [1.165, 1.54) is 4.90 Å². The van der Waals surface area contributed by atoms with Gasteiger partial charge >= 0.3 is 0 Å². The molecule has 0 radical (unpaired) electrons. The van der Waals surface area contributed by atoms with Gasteiger partial charge in [-0.15, -0.1) is 5.10 Å². The van der Waals surface area contributed by atoms with Crippen molar-refractivity contribution in [2.24, 2.45) is 17.8 Å². The number of benzene rings is 3. The van der Waals surface area contributed by atoms with Crippen molar-refractivity contribution in [3.63, 3.8) is 0 Å². The maximum Gasteiger partial charge on any atom is 0.247 e. The highest BCUT2D eigenvalue weighted by Gasteiger charge is 2.80. The molecule has 3 saturated heterocycles. The summed E-state index contributed by atoms with van der Waals surface area (Å²) in [6.45, 7) is 3.53. The normalized spacial score (nSPS) is 29.1. The second kappa shape index (κ2) is 11.1. The molecular weight excluding hydrogens is 572 g/mol. The van der Waals surface area contributed by atoms with Gasteiger partial charge in [0.1, 0.15) is 23.8 Å². The van der Waals surface area contributed by atoms with E-state index in [-0.39, 0.29) is 31.0 Å². The van der Waals surface area contributed by atoms with E-state index in [2.05, 4.69) is 20.9 Å². The smallest absolute Gasteiger partial charge is 0.247 e. The number of hydrogen-bond acceptors (Lipinski definition) is 7. The first-order valence-corrected chi connectivity index (χ1v) is 15.4. The first-order valence-electron chi connectivity index (χ1n) is 15.4. The average Bonchev–Trinajstić information content (AvgIpc) is 3.73. The van der Waals surface area contributed by atoms with Gasteiger partial charge in [-0.05, 0) is 55.5 Å². The molecule has 2 bridgehead atoms. The Kier molecular flexibility index (Phi) is 7.17. The number of aliphatic hydroxyl groups is 1. The molecule has 3 aliphatic rings. The molecule has 3 aliphatic heterocycles. The standard InChI is InChI=1S/C34H36N6O5/c1-21-18-34-28(27(33(21,2)45-34)30(42)36-23-13-7-4-8-14-23)32(44)40(24(19-41)17-22-11-5-3-6-12-22)29(34)31(43)35-20-39-26-16-10-9-15-25(26)37-38-39/h3-16,21,24,27-29,41H,17-20H2,1-2H3,(H,35,43)(H,36,42)/t21?,24-,27-,28+,29?,33+,34?/m1/s1. The molecule has 4 heterocycles. The number of amides is 3. The lowest BCUT2D eigenvalue weighted by molar-refractivity contribution is -0.150. The monoisotopic (exact) mass is 608 g/mol. The number of ether oxygens (including phenoxy) is 1. The van der Waals surface area contributed by atoms with E-state index in [1.54, 1.807) is 16.8 Å². The SMILES string of the molecule is CC1CC23O[C@]1(C)[C@@H](C(=O)Nc1ccccc1)[C@H]2C(=O)N([C@@H](CO)Cc1ccccc1)C3C(=O)NCn1nnc2ccccc21. The minimum Gasteiger partial charge on any atom is -0.394 e. The van der Waals surface area contributed by atoms with Crippen molar-refractivity contribution in [1.82, 2.24) is 25.2 Å². The fourth-order valence-corrected chi connectivity index (χ4v) is 7.93. The number of rotatable bonds is 9. The molecule has 3 aromatic carbocycles. The molecule has 3 N–H and O–H groups in total. The number of carbonyl (C=O) groups excluding carboxylic acids is 3. The molecule has 1 aromatic heterocycles. The van der Waals surface area contributed by atoms with Gasteiger partial charge in [0.05, 0.1) is 35.6 Å². The molecule has 0 aliphatic carbocycles. The number of nitrogens with zero attached hydrogens (tertiary/aromatic N) is 4. The number of aliphatic hydroxyl groups excluding tert-OH is 1. The summed E-state index contributed by atoms with van der Waals surface area (Å²) in [6.07, 6.45) is 0.746. The summed E-state index contributed by atoms with van der Waals surface area (Å²) in [7, 11) is 0. The number of anilines is 1. The number of aromatic nitrogens is 3. The summed E-state index contributed by atoms with van der Waals surface area (Å²) in [4.78, 5) is 44.6. The van der Waals surface area contributed by atoms with Crippen LogP contribution in [0.15, 0.2) is 84.9 Å². The van der Waals surface area contributed by atoms with Crippen LogP contribution in [-0.4, -0.2) is 72.6 Å². The van der Waals surface area contributed by atoms with Crippen LogP contribution < -0.4 is 10.6 Å². The minimum absolute atomic E-state index is 0.0197. The number of carbonyl (C=O) groups is 3. The zero-order valence-electron chi connectivity index (χ0n) is 25.2. The third-order valence-corrected chi connectivity index (χ3v) is 10.1. The van der Waals surface area contributed by atoms with E-state index >= 15 is 0 Å². The Hall–Kier alpha value is -4.61. The third-order valence-electron chi connectivity index (χ3n) is 10.1. The predicted molar refractivity (Wildman–Crippen MR) is 165 cm³/mol. The van der Waals surface area contributed by atoms with Gasteiger partial charge < -0.3 is 25.4 Å². The minimum atomic E-state index is -1.26. The zero-order valence-corrected chi connectivity index (χ0v) is 25.2. The number of hydrogen-bond donors (Lipinski definition) is 3. The van der Waals surface area contributed by atoms with Crippen LogP contribution in [0.2, 0.25) is 0 Å². The van der Waals surface area contributed by atoms with Crippen molar-refractivity contribution in [2.75, 3.05) is 11.9 Å². The molecule has 232 valence electrons. The Balaban J connectivity index is 1.26. The Morgan fingerprint density at radius 2 is 1.71 bits per heavy atom. The molecule has 1 spiro atoms. The Labute approximate surface area is 260 Å². The lowest BCUT2D eigenvalue weighted by Gasteiger charge is -2.37. The van der Waals surface area contributed by atoms with Crippen LogP contribution in [0.25, 0.3) is 11.0 Å². The van der Waals surface area contributed by atoms with Crippen LogP contribution in [0, 0.1) is 17.8 Å². The van der Waals surface area contributed by atoms with Crippen molar-refractivity contribution in [3.05, 3.63) is 90.5 Å². The van der Waals surface area contributed by atoms with E-state index < -0.39 is 41.0 Å². The first-order chi connectivity index (χ1) is 21.8. The van der Waals surface area contributed by atoms with E-state index in [0.717, 1.165) is 11.1 Å². The van der Waals surface area contributed by atoms with E-state index in [9.17, 15) is 19.5 Å². The summed E-state index contributed by atoms with van der Waals surface area (Å²) < 4.78 is 8.43. The van der Waals surface area contributed by atoms with Crippen LogP contribution >= 0.6 is 0 Å². The maximum absolute atomic E-state index is 14.6. The van der Waals surface area contributed by atoms with E-state index in [4.69, 9.17) is 4.74 Å². The predicted octanol–water partition coefficient (Wildman–Crippen LogP) is 2.76. The van der Waals surface area contributed by atoms with Crippen LogP contribution in [0.4, 0.5) is 5.69 Å². The molecule has 11 nitrogen and oxygen atoms in total. The molecule has 11 heteroatoms. The van der Waals surface area contributed by atoms with Crippen molar-refractivity contribution in [3.8, 4) is 0 Å². The fourth-order valence-electron chi connectivity index (χ4n) is 7.93. The lowest BCUT2D eigenvalue weighted by Crippen LogP contribution is -2.58. The van der Waals surface area contributed by atoms with E-state index in [0.29, 0.717) is 24.0 Å². The fraction of sp³-hybridized carbons (Fsp3) is 0.382. The molecule has 3 amide bonds. The number of likely N-dealkylation sites (tertiary alicyclic amines) is 1. The number of nitrogens with one attached hydrogen (secondary N) is 2. The quantitative estimate of drug-likeness (QED) is 0.266. The molecular formula is C34H36N6O5. The third kappa shape index (κ3) is 4.60. The van der Waals surface area contributed by atoms with E-state index in [1.807, 2.05) is 86.6 Å².